The van der Waals surface area contributed by atoms with E-state index in [1.54, 1.807) is 0 Å². The molecule has 0 N–H and O–H groups in total. The summed E-state index contributed by atoms with van der Waals surface area (Å²) >= 11 is 0. The quantitative estimate of drug-likeness (QED) is 0.279. The predicted molar refractivity (Wildman–Crippen MR) is 102 cm³/mol. The lowest BCUT2D eigenvalue weighted by atomic mass is 9.89. The molecule has 0 saturated heterocycles. The van der Waals surface area contributed by atoms with Gasteiger partial charge < -0.3 is 4.90 Å². The van der Waals surface area contributed by atoms with Gasteiger partial charge in [0.25, 0.3) is 0 Å². The lowest BCUT2D eigenvalue weighted by Gasteiger charge is -2.19. The van der Waals surface area contributed by atoms with Gasteiger partial charge in [0.1, 0.15) is 0 Å². The molecule has 0 fully saturated rings. The van der Waals surface area contributed by atoms with E-state index in [9.17, 15) is 0 Å². The third-order valence-electron chi connectivity index (χ3n) is 4.98. The van der Waals surface area contributed by atoms with Gasteiger partial charge in [0.05, 0.1) is 0 Å². The van der Waals surface area contributed by atoms with Crippen molar-refractivity contribution < 1.29 is 0 Å². The van der Waals surface area contributed by atoms with E-state index >= 15 is 0 Å². The van der Waals surface area contributed by atoms with Crippen LogP contribution in [-0.2, 0) is 0 Å². The number of rotatable bonds is 1. The molecule has 1 nitrogen and oxygen atoms in total. The maximum absolute atomic E-state index is 2.28. The number of anilines is 1. The first kappa shape index (κ1) is 12.7. The first-order valence-electron chi connectivity index (χ1n) is 8.01. The largest absolute Gasteiger partial charge is 0.377 e. The molecule has 110 valence electrons. The molecule has 0 unspecified atom stereocenters. The molecular weight excluding hydrogens is 278 g/mol. The summed E-state index contributed by atoms with van der Waals surface area (Å²) in [7, 11) is 4.23. The zero-order valence-electron chi connectivity index (χ0n) is 13.3. The van der Waals surface area contributed by atoms with Crippen LogP contribution in [-0.4, -0.2) is 14.1 Å². The highest BCUT2D eigenvalue weighted by molar-refractivity contribution is 6.33. The summed E-state index contributed by atoms with van der Waals surface area (Å²) in [6, 6.07) is 24.5. The summed E-state index contributed by atoms with van der Waals surface area (Å²) in [4.78, 5) is 2.20. The van der Waals surface area contributed by atoms with Gasteiger partial charge >= 0.3 is 0 Å². The zero-order chi connectivity index (χ0) is 15.6. The Labute approximate surface area is 135 Å². The molecule has 5 aromatic rings. The molecule has 5 rings (SSSR count). The number of benzene rings is 5. The second-order valence-corrected chi connectivity index (χ2v) is 6.46. The lowest BCUT2D eigenvalue weighted by molar-refractivity contribution is 1.14. The van der Waals surface area contributed by atoms with Crippen molar-refractivity contribution in [3.63, 3.8) is 0 Å². The van der Waals surface area contributed by atoms with Crippen molar-refractivity contribution >= 4 is 48.8 Å². The number of hydrogen-bond acceptors (Lipinski definition) is 1. The fourth-order valence-corrected chi connectivity index (χ4v) is 4.02. The molecule has 0 radical (unpaired) electrons. The fourth-order valence-electron chi connectivity index (χ4n) is 4.02. The van der Waals surface area contributed by atoms with Crippen LogP contribution in [0.5, 0.6) is 0 Å². The van der Waals surface area contributed by atoms with Crippen molar-refractivity contribution in [1.29, 1.82) is 0 Å². The smallest absolute Gasteiger partial charge is 0.0441 e. The van der Waals surface area contributed by atoms with Crippen molar-refractivity contribution in [2.75, 3.05) is 19.0 Å². The molecule has 5 aromatic carbocycles. The fraction of sp³-hybridized carbons (Fsp3) is 0.0909. The van der Waals surface area contributed by atoms with Crippen molar-refractivity contribution in [3.05, 3.63) is 66.7 Å². The molecule has 0 heterocycles. The van der Waals surface area contributed by atoms with Gasteiger partial charge in [-0.3, -0.25) is 0 Å². The second-order valence-electron chi connectivity index (χ2n) is 6.46. The molecule has 0 bridgehead atoms. The summed E-state index contributed by atoms with van der Waals surface area (Å²) in [6.07, 6.45) is 0. The van der Waals surface area contributed by atoms with Crippen LogP contribution in [0.4, 0.5) is 5.69 Å². The summed E-state index contributed by atoms with van der Waals surface area (Å²) in [5.41, 5.74) is 1.28. The molecule has 0 saturated carbocycles. The minimum atomic E-state index is 1.28. The molecule has 0 aliphatic carbocycles. The third-order valence-corrected chi connectivity index (χ3v) is 4.98. The molecule has 0 aromatic heterocycles. The summed E-state index contributed by atoms with van der Waals surface area (Å²) < 4.78 is 0. The van der Waals surface area contributed by atoms with Gasteiger partial charge in [0.15, 0.2) is 0 Å². The van der Waals surface area contributed by atoms with Crippen LogP contribution in [0.2, 0.25) is 0 Å². The molecule has 0 amide bonds. The molecule has 0 atom stereocenters. The Balaban J connectivity index is 2.19. The number of hydrogen-bond donors (Lipinski definition) is 0. The lowest BCUT2D eigenvalue weighted by Crippen LogP contribution is -2.09. The Morgan fingerprint density at radius 2 is 1.04 bits per heavy atom. The van der Waals surface area contributed by atoms with E-state index in [4.69, 9.17) is 0 Å². The zero-order valence-corrected chi connectivity index (χ0v) is 13.3. The predicted octanol–water partition coefficient (Wildman–Crippen LogP) is 5.80. The van der Waals surface area contributed by atoms with Crippen molar-refractivity contribution in [1.82, 2.24) is 0 Å². The standard InChI is InChI=1S/C22H17N/c1-23(2)20-13-12-18-16-9-4-7-14-6-3-8-15(21(14)16)17-10-5-11-19(20)22(17)18/h3-13H,1-2H3. The van der Waals surface area contributed by atoms with Crippen LogP contribution in [0.25, 0.3) is 43.1 Å². The topological polar surface area (TPSA) is 3.24 Å². The van der Waals surface area contributed by atoms with Gasteiger partial charge in [-0.05, 0) is 43.8 Å². The maximum atomic E-state index is 2.28. The monoisotopic (exact) mass is 295 g/mol. The molecule has 0 spiro atoms. The van der Waals surface area contributed by atoms with Crippen molar-refractivity contribution in [3.8, 4) is 0 Å². The highest BCUT2D eigenvalue weighted by atomic mass is 15.1. The highest BCUT2D eigenvalue weighted by Crippen LogP contribution is 2.42. The minimum Gasteiger partial charge on any atom is -0.377 e. The molecule has 23 heavy (non-hydrogen) atoms. The molecule has 0 aliphatic heterocycles. The number of nitrogens with zero attached hydrogens (tertiary/aromatic N) is 1. The van der Waals surface area contributed by atoms with Gasteiger partial charge in [0.2, 0.25) is 0 Å². The van der Waals surface area contributed by atoms with Gasteiger partial charge in [-0.15, -0.1) is 0 Å². The van der Waals surface area contributed by atoms with Crippen LogP contribution < -0.4 is 4.90 Å². The first-order chi connectivity index (χ1) is 11.3. The Morgan fingerprint density at radius 3 is 1.70 bits per heavy atom. The average molecular weight is 295 g/mol. The van der Waals surface area contributed by atoms with Crippen LogP contribution in [0.1, 0.15) is 0 Å². The molecular formula is C22H17N. The Morgan fingerprint density at radius 1 is 0.522 bits per heavy atom. The Bertz CT molecular complexity index is 1130. The normalized spacial score (nSPS) is 11.9. The molecule has 0 aliphatic rings. The maximum Gasteiger partial charge on any atom is 0.0441 e. The first-order valence-corrected chi connectivity index (χ1v) is 8.01. The van der Waals surface area contributed by atoms with Crippen molar-refractivity contribution in [2.24, 2.45) is 0 Å². The summed E-state index contributed by atoms with van der Waals surface area (Å²) in [5.74, 6) is 0. The van der Waals surface area contributed by atoms with Crippen molar-refractivity contribution in [2.45, 2.75) is 0 Å². The summed E-state index contributed by atoms with van der Waals surface area (Å²) in [6.45, 7) is 0. The number of fused-ring (bicyclic) bond motifs is 2. The van der Waals surface area contributed by atoms with Gasteiger partial charge in [0, 0.05) is 25.2 Å². The summed E-state index contributed by atoms with van der Waals surface area (Å²) in [5, 5.41) is 10.8. The van der Waals surface area contributed by atoms with E-state index in [2.05, 4.69) is 85.7 Å². The van der Waals surface area contributed by atoms with E-state index in [0.29, 0.717) is 0 Å². The average Bonchev–Trinajstić information content (AvgIpc) is 2.58. The molecule has 1 heteroatoms. The van der Waals surface area contributed by atoms with Crippen LogP contribution in [0, 0.1) is 0 Å². The van der Waals surface area contributed by atoms with Crippen LogP contribution in [0.3, 0.4) is 0 Å². The van der Waals surface area contributed by atoms with Gasteiger partial charge in [-0.2, -0.15) is 0 Å². The van der Waals surface area contributed by atoms with E-state index in [-0.39, 0.29) is 0 Å². The van der Waals surface area contributed by atoms with E-state index in [1.165, 1.54) is 48.8 Å². The van der Waals surface area contributed by atoms with Crippen LogP contribution in [0.15, 0.2) is 66.7 Å². The Hall–Kier alpha value is -2.80. The highest BCUT2D eigenvalue weighted by Gasteiger charge is 2.14. The Kier molecular flexibility index (Phi) is 2.41. The van der Waals surface area contributed by atoms with E-state index in [1.807, 2.05) is 0 Å². The van der Waals surface area contributed by atoms with E-state index in [0.717, 1.165) is 0 Å². The van der Waals surface area contributed by atoms with Crippen LogP contribution >= 0.6 is 0 Å². The SMILES string of the molecule is CN(C)c1ccc2c3cccc4cccc(c5cccc1c52)c43. The second kappa shape index (κ2) is 4.36. The van der Waals surface area contributed by atoms with Gasteiger partial charge in [-0.1, -0.05) is 60.7 Å². The van der Waals surface area contributed by atoms with E-state index < -0.39 is 0 Å². The van der Waals surface area contributed by atoms with Gasteiger partial charge in [-0.25, -0.2) is 0 Å². The third kappa shape index (κ3) is 1.57. The minimum absolute atomic E-state index is 1.28.